The van der Waals surface area contributed by atoms with Gasteiger partial charge in [-0.3, -0.25) is 34.2 Å². The van der Waals surface area contributed by atoms with Crippen molar-refractivity contribution in [2.24, 2.45) is 0 Å². The molecule has 61 heavy (non-hydrogen) atoms. The van der Waals surface area contributed by atoms with Gasteiger partial charge in [-0.25, -0.2) is 0 Å². The van der Waals surface area contributed by atoms with Gasteiger partial charge in [0.25, 0.3) is 11.8 Å². The first-order chi connectivity index (χ1) is 29.7. The van der Waals surface area contributed by atoms with E-state index in [9.17, 15) is 29.1 Å². The van der Waals surface area contributed by atoms with Crippen molar-refractivity contribution in [1.29, 1.82) is 0 Å². The fourth-order valence-electron chi connectivity index (χ4n) is 7.08. The molecule has 320 valence electrons. The molecule has 4 aromatic carbocycles. The lowest BCUT2D eigenvalue weighted by Gasteiger charge is -2.27. The Morgan fingerprint density at radius 1 is 0.721 bits per heavy atom. The number of halogens is 1. The van der Waals surface area contributed by atoms with E-state index >= 15 is 0 Å². The van der Waals surface area contributed by atoms with Crippen LogP contribution in [0.4, 0.5) is 5.69 Å². The van der Waals surface area contributed by atoms with E-state index in [4.69, 9.17) is 30.5 Å². The lowest BCUT2D eigenvalue weighted by molar-refractivity contribution is -0.136. The molecule has 15 heteroatoms. The molecule has 2 aliphatic heterocycles. The zero-order chi connectivity index (χ0) is 43.0. The molecule has 4 N–H and O–H groups in total. The van der Waals surface area contributed by atoms with Crippen molar-refractivity contribution in [3.63, 3.8) is 0 Å². The van der Waals surface area contributed by atoms with E-state index in [-0.39, 0.29) is 48.7 Å². The van der Waals surface area contributed by atoms with Crippen LogP contribution >= 0.6 is 11.6 Å². The van der Waals surface area contributed by atoms with Crippen molar-refractivity contribution in [3.05, 3.63) is 125 Å². The number of carbonyl (C=O) groups excluding carboxylic acids is 5. The highest BCUT2D eigenvalue weighted by Gasteiger charge is 2.45. The SMILES string of the molecule is O=C(CCOCCOCCOCCNc1cccc2c1C(=O)N(C1CCC(=O)NC1=O)C2=O)NCCOc1ccc(C(=C(CCCl)c2ccccc2)c2ccc(O)cc2)cc1. The largest absolute Gasteiger partial charge is 0.508 e. The molecule has 5 amide bonds. The zero-order valence-corrected chi connectivity index (χ0v) is 34.4. The highest BCUT2D eigenvalue weighted by atomic mass is 35.5. The first-order valence-electron chi connectivity index (χ1n) is 20.2. The van der Waals surface area contributed by atoms with E-state index in [0.29, 0.717) is 76.5 Å². The number of phenols is 1. The van der Waals surface area contributed by atoms with Crippen molar-refractivity contribution in [2.45, 2.75) is 31.7 Å². The predicted molar refractivity (Wildman–Crippen MR) is 229 cm³/mol. The molecule has 0 radical (unpaired) electrons. The van der Waals surface area contributed by atoms with Crippen LogP contribution < -0.4 is 20.7 Å². The molecule has 1 unspecified atom stereocenters. The maximum atomic E-state index is 13.2. The second-order valence-corrected chi connectivity index (χ2v) is 14.5. The zero-order valence-electron chi connectivity index (χ0n) is 33.7. The van der Waals surface area contributed by atoms with Crippen LogP contribution in [0.25, 0.3) is 11.1 Å². The Kier molecular flexibility index (Phi) is 16.4. The third-order valence-corrected chi connectivity index (χ3v) is 10.2. The summed E-state index contributed by atoms with van der Waals surface area (Å²) in [5.74, 6) is -1.06. The Morgan fingerprint density at radius 3 is 2.08 bits per heavy atom. The number of imide groups is 2. The summed E-state index contributed by atoms with van der Waals surface area (Å²) in [6.45, 7) is 2.84. The van der Waals surface area contributed by atoms with E-state index in [2.05, 4.69) is 28.1 Å². The minimum absolute atomic E-state index is 0.0528. The molecule has 0 bridgehead atoms. The van der Waals surface area contributed by atoms with E-state index < -0.39 is 29.7 Å². The van der Waals surface area contributed by atoms with Crippen LogP contribution in [0.3, 0.4) is 0 Å². The summed E-state index contributed by atoms with van der Waals surface area (Å²) in [4.78, 5) is 63.4. The van der Waals surface area contributed by atoms with Crippen molar-refractivity contribution >= 4 is 58.0 Å². The number of nitrogens with zero attached hydrogens (tertiary/aromatic N) is 1. The Bertz CT molecular complexity index is 2180. The summed E-state index contributed by atoms with van der Waals surface area (Å²) in [6.07, 6.45) is 0.997. The molecule has 2 heterocycles. The number of piperidine rings is 1. The number of nitrogens with one attached hydrogen (secondary N) is 3. The molecule has 0 spiro atoms. The lowest BCUT2D eigenvalue weighted by Crippen LogP contribution is -2.54. The van der Waals surface area contributed by atoms with Crippen LogP contribution in [0, 0.1) is 0 Å². The van der Waals surface area contributed by atoms with Crippen LogP contribution in [0.1, 0.15) is 63.1 Å². The summed E-state index contributed by atoms with van der Waals surface area (Å²) < 4.78 is 22.6. The quantitative estimate of drug-likeness (QED) is 0.0324. The number of anilines is 1. The maximum absolute atomic E-state index is 13.2. The molecular formula is C46H49ClN4O10. The van der Waals surface area contributed by atoms with Gasteiger partial charge in [0.05, 0.1) is 57.3 Å². The number of fused-ring (bicyclic) bond motifs is 1. The summed E-state index contributed by atoms with van der Waals surface area (Å²) in [5.41, 5.74) is 5.99. The smallest absolute Gasteiger partial charge is 0.264 e. The van der Waals surface area contributed by atoms with Crippen LogP contribution in [-0.4, -0.2) is 111 Å². The van der Waals surface area contributed by atoms with Gasteiger partial charge in [-0.2, -0.15) is 0 Å². The molecule has 0 saturated carbocycles. The third kappa shape index (κ3) is 12.0. The molecule has 14 nitrogen and oxygen atoms in total. The molecule has 4 aromatic rings. The predicted octanol–water partition coefficient (Wildman–Crippen LogP) is 5.43. The second kappa shape index (κ2) is 22.5. The molecule has 1 atom stereocenters. The highest BCUT2D eigenvalue weighted by Crippen LogP contribution is 2.36. The fourth-order valence-corrected chi connectivity index (χ4v) is 7.27. The van der Waals surface area contributed by atoms with Gasteiger partial charge < -0.3 is 34.7 Å². The van der Waals surface area contributed by atoms with Crippen molar-refractivity contribution in [2.75, 3.05) is 70.5 Å². The van der Waals surface area contributed by atoms with E-state index in [1.165, 1.54) is 0 Å². The van der Waals surface area contributed by atoms with Gasteiger partial charge in [0.1, 0.15) is 24.1 Å². The molecular weight excluding hydrogens is 804 g/mol. The van der Waals surface area contributed by atoms with E-state index in [1.54, 1.807) is 30.3 Å². The van der Waals surface area contributed by atoms with Gasteiger partial charge in [0, 0.05) is 31.0 Å². The molecule has 2 aliphatic rings. The van der Waals surface area contributed by atoms with Crippen molar-refractivity contribution in [1.82, 2.24) is 15.5 Å². The molecule has 0 aromatic heterocycles. The average Bonchev–Trinajstić information content (AvgIpc) is 3.52. The number of amides is 5. The van der Waals surface area contributed by atoms with Crippen LogP contribution in [0.5, 0.6) is 11.5 Å². The highest BCUT2D eigenvalue weighted by molar-refractivity contribution is 6.25. The molecule has 1 saturated heterocycles. The Labute approximate surface area is 359 Å². The maximum Gasteiger partial charge on any atom is 0.264 e. The van der Waals surface area contributed by atoms with Crippen LogP contribution in [0.2, 0.25) is 0 Å². The van der Waals surface area contributed by atoms with Gasteiger partial charge >= 0.3 is 0 Å². The van der Waals surface area contributed by atoms with Gasteiger partial charge in [0.15, 0.2) is 0 Å². The van der Waals surface area contributed by atoms with E-state index in [1.807, 2.05) is 54.6 Å². The number of aromatic hydroxyl groups is 1. The van der Waals surface area contributed by atoms with Crippen LogP contribution in [-0.2, 0) is 28.6 Å². The number of rotatable bonds is 23. The summed E-state index contributed by atoms with van der Waals surface area (Å²) >= 11 is 6.27. The van der Waals surface area contributed by atoms with Crippen molar-refractivity contribution in [3.8, 4) is 11.5 Å². The van der Waals surface area contributed by atoms with Gasteiger partial charge in [-0.05, 0) is 77.1 Å². The third-order valence-electron chi connectivity index (χ3n) is 10.0. The Balaban J connectivity index is 0.817. The lowest BCUT2D eigenvalue weighted by atomic mass is 9.88. The minimum atomic E-state index is -1.03. The number of allylic oxidation sites excluding steroid dienone is 1. The number of alkyl halides is 1. The van der Waals surface area contributed by atoms with Crippen molar-refractivity contribution < 1.29 is 48.0 Å². The van der Waals surface area contributed by atoms with Gasteiger partial charge in [-0.1, -0.05) is 60.7 Å². The number of carbonyl (C=O) groups is 5. The topological polar surface area (TPSA) is 182 Å². The average molecular weight is 853 g/mol. The number of ether oxygens (including phenoxy) is 4. The monoisotopic (exact) mass is 852 g/mol. The first kappa shape index (κ1) is 44.5. The van der Waals surface area contributed by atoms with E-state index in [0.717, 1.165) is 32.7 Å². The first-order valence-corrected chi connectivity index (χ1v) is 20.7. The molecule has 6 rings (SSSR count). The summed E-state index contributed by atoms with van der Waals surface area (Å²) in [5, 5.41) is 18.1. The normalized spacial score (nSPS) is 15.3. The standard InChI is InChI=1S/C46H49ClN4O10/c47-21-19-36(31-5-2-1-3-6-31)42(32-9-13-34(52)14-10-32)33-11-15-35(16-12-33)61-26-23-49-40(53)20-24-58-27-29-60-30-28-59-25-22-48-38-8-4-7-37-43(38)46(57)51(45(37)56)39-17-18-41(54)50-44(39)55/h1-16,39,48,52H,17-30H2,(H,49,53)(H,50,54,55). The number of hydrogen-bond acceptors (Lipinski definition) is 11. The summed E-state index contributed by atoms with van der Waals surface area (Å²) in [6, 6.07) is 28.9. The van der Waals surface area contributed by atoms with Crippen LogP contribution in [0.15, 0.2) is 97.1 Å². The Hall–Kier alpha value is -6.06. The molecule has 0 aliphatic carbocycles. The number of phenolic OH excluding ortho intramolecular Hbond substituents is 1. The number of hydrogen-bond donors (Lipinski definition) is 4. The fraction of sp³-hybridized carbons (Fsp3) is 0.326. The minimum Gasteiger partial charge on any atom is -0.508 e. The molecule has 1 fully saturated rings. The van der Waals surface area contributed by atoms with Gasteiger partial charge in [-0.15, -0.1) is 11.6 Å². The second-order valence-electron chi connectivity index (χ2n) is 14.1. The Morgan fingerprint density at radius 2 is 1.39 bits per heavy atom. The van der Waals surface area contributed by atoms with Gasteiger partial charge in [0.2, 0.25) is 17.7 Å². The summed E-state index contributed by atoms with van der Waals surface area (Å²) in [7, 11) is 0. The number of benzene rings is 4.